The molecule has 0 fully saturated rings. The Balaban J connectivity index is 3.26. The normalized spacial score (nSPS) is 12.3. The van der Waals surface area contributed by atoms with Crippen LogP contribution in [-0.4, -0.2) is 6.29 Å². The van der Waals surface area contributed by atoms with Crippen LogP contribution in [0.15, 0.2) is 0 Å². The molecule has 0 rings (SSSR count). The maximum absolute atomic E-state index is 11.4. The van der Waals surface area contributed by atoms with Gasteiger partial charge in [0, 0.05) is 5.92 Å². The van der Waals surface area contributed by atoms with E-state index in [4.69, 9.17) is 0 Å². The van der Waals surface area contributed by atoms with Crippen LogP contribution in [0.4, 0.5) is 0 Å². The van der Waals surface area contributed by atoms with Crippen LogP contribution < -0.4 is 0 Å². The lowest BCUT2D eigenvalue weighted by Crippen LogP contribution is -2.02. The molecule has 1 heteroatoms. The van der Waals surface area contributed by atoms with Crippen LogP contribution in [0.5, 0.6) is 0 Å². The van der Waals surface area contributed by atoms with Crippen LogP contribution in [-0.2, 0) is 4.79 Å². The van der Waals surface area contributed by atoms with Crippen molar-refractivity contribution in [1.82, 2.24) is 0 Å². The van der Waals surface area contributed by atoms with Crippen molar-refractivity contribution in [2.45, 2.75) is 206 Å². The van der Waals surface area contributed by atoms with E-state index in [1.54, 1.807) is 0 Å². The first kappa shape index (κ1) is 34.7. The third-order valence-electron chi connectivity index (χ3n) is 8.05. The van der Waals surface area contributed by atoms with Crippen molar-refractivity contribution in [3.05, 3.63) is 0 Å². The summed E-state index contributed by atoms with van der Waals surface area (Å²) in [5.41, 5.74) is 0. The second kappa shape index (κ2) is 31.7. The predicted octanol–water partition coefficient (Wildman–Crippen LogP) is 12.5. The Labute approximate surface area is 223 Å². The van der Waals surface area contributed by atoms with E-state index in [-0.39, 0.29) is 0 Å². The van der Waals surface area contributed by atoms with Gasteiger partial charge in [0.05, 0.1) is 0 Å². The molecule has 0 bridgehead atoms. The van der Waals surface area contributed by atoms with Crippen LogP contribution in [0.3, 0.4) is 0 Å². The Morgan fingerprint density at radius 3 is 0.743 bits per heavy atom. The predicted molar refractivity (Wildman–Crippen MR) is 159 cm³/mol. The molecule has 0 aromatic carbocycles. The van der Waals surface area contributed by atoms with Gasteiger partial charge < -0.3 is 4.79 Å². The highest BCUT2D eigenvalue weighted by molar-refractivity contribution is 5.53. The molecule has 1 unspecified atom stereocenters. The summed E-state index contributed by atoms with van der Waals surface area (Å²) in [5.74, 6) is 0.338. The lowest BCUT2D eigenvalue weighted by atomic mass is 9.95. The van der Waals surface area contributed by atoms with Crippen molar-refractivity contribution in [2.75, 3.05) is 0 Å². The van der Waals surface area contributed by atoms with Gasteiger partial charge in [-0.2, -0.15) is 0 Å². The first-order chi connectivity index (χ1) is 17.3. The molecule has 0 saturated carbocycles. The number of unbranched alkanes of at least 4 members (excludes halogenated alkanes) is 26. The molecule has 0 aliphatic heterocycles. The highest BCUT2D eigenvalue weighted by Crippen LogP contribution is 2.19. The fourth-order valence-corrected chi connectivity index (χ4v) is 5.48. The minimum Gasteiger partial charge on any atom is -0.303 e. The lowest BCUT2D eigenvalue weighted by Gasteiger charge is -2.10. The van der Waals surface area contributed by atoms with Crippen molar-refractivity contribution in [1.29, 1.82) is 0 Å². The molecule has 210 valence electrons. The molecule has 0 amide bonds. The Kier molecular flexibility index (Phi) is 31.4. The fraction of sp³-hybridized carbons (Fsp3) is 0.971. The minimum absolute atomic E-state index is 0.338. The summed E-state index contributed by atoms with van der Waals surface area (Å²) in [4.78, 5) is 11.4. The minimum atomic E-state index is 0.338. The van der Waals surface area contributed by atoms with E-state index in [2.05, 4.69) is 13.8 Å². The van der Waals surface area contributed by atoms with Gasteiger partial charge in [0.25, 0.3) is 0 Å². The van der Waals surface area contributed by atoms with E-state index in [1.165, 1.54) is 186 Å². The van der Waals surface area contributed by atoms with Gasteiger partial charge in [0.1, 0.15) is 6.29 Å². The molecule has 0 saturated heterocycles. The Morgan fingerprint density at radius 2 is 0.543 bits per heavy atom. The van der Waals surface area contributed by atoms with Gasteiger partial charge in [-0.25, -0.2) is 0 Å². The van der Waals surface area contributed by atoms with Gasteiger partial charge in [0.15, 0.2) is 0 Å². The molecule has 0 spiro atoms. The van der Waals surface area contributed by atoms with Gasteiger partial charge in [-0.3, -0.25) is 0 Å². The molecule has 0 radical (unpaired) electrons. The third-order valence-corrected chi connectivity index (χ3v) is 8.05. The summed E-state index contributed by atoms with van der Waals surface area (Å²) in [5, 5.41) is 0. The second-order valence-corrected chi connectivity index (χ2v) is 11.7. The van der Waals surface area contributed by atoms with Gasteiger partial charge in [0.2, 0.25) is 0 Å². The molecule has 1 nitrogen and oxygen atoms in total. The molecule has 0 aromatic heterocycles. The van der Waals surface area contributed by atoms with Crippen molar-refractivity contribution < 1.29 is 4.79 Å². The average Bonchev–Trinajstić information content (AvgIpc) is 2.87. The first-order valence-electron chi connectivity index (χ1n) is 16.8. The number of aldehydes is 1. The van der Waals surface area contributed by atoms with E-state index < -0.39 is 0 Å². The lowest BCUT2D eigenvalue weighted by molar-refractivity contribution is -0.111. The van der Waals surface area contributed by atoms with Crippen LogP contribution in [0.1, 0.15) is 206 Å². The molecule has 0 N–H and O–H groups in total. The van der Waals surface area contributed by atoms with Crippen LogP contribution in [0, 0.1) is 5.92 Å². The summed E-state index contributed by atoms with van der Waals surface area (Å²) in [7, 11) is 0. The molecule has 0 aromatic rings. The zero-order valence-corrected chi connectivity index (χ0v) is 24.8. The number of rotatable bonds is 31. The summed E-state index contributed by atoms with van der Waals surface area (Å²) in [6.45, 7) is 4.59. The molecule has 0 aliphatic rings. The molecular weight excluding hydrogens is 424 g/mol. The van der Waals surface area contributed by atoms with E-state index in [1.807, 2.05) is 0 Å². The largest absolute Gasteiger partial charge is 0.303 e. The fourth-order valence-electron chi connectivity index (χ4n) is 5.48. The maximum atomic E-state index is 11.4. The topological polar surface area (TPSA) is 17.1 Å². The number of hydrogen-bond donors (Lipinski definition) is 0. The van der Waals surface area contributed by atoms with E-state index in [0.29, 0.717) is 5.92 Å². The van der Waals surface area contributed by atoms with Crippen molar-refractivity contribution >= 4 is 6.29 Å². The maximum Gasteiger partial charge on any atom is 0.123 e. The second-order valence-electron chi connectivity index (χ2n) is 11.7. The summed E-state index contributed by atoms with van der Waals surface area (Å²) >= 11 is 0. The van der Waals surface area contributed by atoms with Crippen molar-refractivity contribution in [2.24, 2.45) is 5.92 Å². The SMILES string of the molecule is CCCCCCCCCCCCCCCCCC(C=O)CCCCCCCCCCCCCCC. The first-order valence-corrected chi connectivity index (χ1v) is 16.8. The third kappa shape index (κ3) is 29.8. The van der Waals surface area contributed by atoms with E-state index >= 15 is 0 Å². The summed E-state index contributed by atoms with van der Waals surface area (Å²) < 4.78 is 0. The summed E-state index contributed by atoms with van der Waals surface area (Å²) in [6.07, 6.45) is 43.0. The zero-order chi connectivity index (χ0) is 25.5. The van der Waals surface area contributed by atoms with E-state index in [9.17, 15) is 4.79 Å². The quantitative estimate of drug-likeness (QED) is 0.0694. The molecule has 35 heavy (non-hydrogen) atoms. The van der Waals surface area contributed by atoms with Crippen LogP contribution in [0.25, 0.3) is 0 Å². The zero-order valence-electron chi connectivity index (χ0n) is 24.8. The van der Waals surface area contributed by atoms with Crippen molar-refractivity contribution in [3.63, 3.8) is 0 Å². The Morgan fingerprint density at radius 1 is 0.343 bits per heavy atom. The van der Waals surface area contributed by atoms with Gasteiger partial charge in [-0.15, -0.1) is 0 Å². The highest BCUT2D eigenvalue weighted by atomic mass is 16.1. The van der Waals surface area contributed by atoms with Gasteiger partial charge in [-0.05, 0) is 12.8 Å². The molecule has 0 heterocycles. The summed E-state index contributed by atoms with van der Waals surface area (Å²) in [6, 6.07) is 0. The standard InChI is InChI=1S/C34H68O/c1-3-5-7-9-11-13-15-17-18-20-22-24-26-28-30-32-34(33-35)31-29-27-25-23-21-19-16-14-12-10-8-6-4-2/h33-34H,3-32H2,1-2H3. The van der Waals surface area contributed by atoms with Gasteiger partial charge >= 0.3 is 0 Å². The van der Waals surface area contributed by atoms with E-state index in [0.717, 1.165) is 12.8 Å². The van der Waals surface area contributed by atoms with Gasteiger partial charge in [-0.1, -0.05) is 194 Å². The number of carbonyl (C=O) groups is 1. The van der Waals surface area contributed by atoms with Crippen LogP contribution >= 0.6 is 0 Å². The molecular formula is C34H68O. The Bertz CT molecular complexity index is 377. The smallest absolute Gasteiger partial charge is 0.123 e. The molecule has 0 aliphatic carbocycles. The highest BCUT2D eigenvalue weighted by Gasteiger charge is 2.07. The van der Waals surface area contributed by atoms with Crippen molar-refractivity contribution in [3.8, 4) is 0 Å². The average molecular weight is 493 g/mol. The number of hydrogen-bond acceptors (Lipinski definition) is 1. The molecule has 1 atom stereocenters. The monoisotopic (exact) mass is 493 g/mol. The Hall–Kier alpha value is -0.330. The number of carbonyl (C=O) groups excluding carboxylic acids is 1. The van der Waals surface area contributed by atoms with Crippen LogP contribution in [0.2, 0.25) is 0 Å².